The average Bonchev–Trinajstić information content (AvgIpc) is 3.32. The largest absolute Gasteiger partial charge is 0.409 e. The number of thiazole rings is 1. The Hall–Kier alpha value is -3.51. The topological polar surface area (TPSA) is 153 Å². The second-order valence-corrected chi connectivity index (χ2v) is 10.9. The third kappa shape index (κ3) is 6.08. The lowest BCUT2D eigenvalue weighted by Gasteiger charge is -2.37. The number of fused-ring (bicyclic) bond motifs is 1. The molecule has 0 radical (unpaired) electrons. The van der Waals surface area contributed by atoms with Crippen LogP contribution in [0.3, 0.4) is 0 Å². The minimum absolute atomic E-state index is 0.00300. The summed E-state index contributed by atoms with van der Waals surface area (Å²) in [6.45, 7) is 1.67. The Balaban J connectivity index is 1.52. The Morgan fingerprint density at radius 1 is 1.16 bits per heavy atom. The fourth-order valence-corrected chi connectivity index (χ4v) is 5.96. The van der Waals surface area contributed by atoms with E-state index in [0.29, 0.717) is 35.4 Å². The summed E-state index contributed by atoms with van der Waals surface area (Å²) in [5, 5.41) is 18.4. The van der Waals surface area contributed by atoms with Gasteiger partial charge in [-0.25, -0.2) is 4.98 Å². The van der Waals surface area contributed by atoms with Gasteiger partial charge in [-0.15, -0.1) is 11.3 Å². The van der Waals surface area contributed by atoms with Crippen LogP contribution in [0.5, 0.6) is 0 Å². The Bertz CT molecular complexity index is 1210. The van der Waals surface area contributed by atoms with Crippen LogP contribution in [-0.2, 0) is 17.8 Å². The first kappa shape index (κ1) is 26.6. The van der Waals surface area contributed by atoms with Crippen LogP contribution < -0.4 is 16.4 Å². The fourth-order valence-electron chi connectivity index (χ4n) is 4.87. The number of benzene rings is 1. The number of rotatable bonds is 6. The first-order valence-electron chi connectivity index (χ1n) is 12.2. The highest BCUT2D eigenvalue weighted by atomic mass is 32.1. The van der Waals surface area contributed by atoms with Crippen molar-refractivity contribution in [3.63, 3.8) is 0 Å². The number of carbonyl (C=O) groups is 3. The van der Waals surface area contributed by atoms with Crippen molar-refractivity contribution >= 4 is 34.9 Å². The standard InChI is InChI=1S/C25H33N7O4S/c1-31(2)25(35)16-7-8-17(27-22(33)15-6-4-5-14(11-15)21(26)30-36)19(12-16)28-23(34)24-29-18-9-10-32(3)13-20(18)37-24/h4-6,11,16-17,19,36H,7-10,12-13H2,1-3H3,(H2,26,30)(H,27,33)(H,28,34)/t16-,17-,19+/m0/s1. The van der Waals surface area contributed by atoms with Gasteiger partial charge in [-0.1, -0.05) is 17.3 Å². The molecule has 198 valence electrons. The summed E-state index contributed by atoms with van der Waals surface area (Å²) in [5.74, 6) is -0.987. The lowest BCUT2D eigenvalue weighted by atomic mass is 9.81. The molecule has 0 saturated heterocycles. The third-order valence-corrected chi connectivity index (χ3v) is 8.00. The number of carbonyl (C=O) groups excluding carboxylic acids is 3. The molecule has 4 rings (SSSR count). The van der Waals surface area contributed by atoms with Gasteiger partial charge in [0.15, 0.2) is 10.8 Å². The lowest BCUT2D eigenvalue weighted by Crippen LogP contribution is -2.55. The van der Waals surface area contributed by atoms with Crippen LogP contribution in [0, 0.1) is 5.92 Å². The maximum absolute atomic E-state index is 13.2. The van der Waals surface area contributed by atoms with Crippen molar-refractivity contribution in [2.45, 2.75) is 44.3 Å². The highest BCUT2D eigenvalue weighted by molar-refractivity contribution is 7.13. The number of hydrogen-bond acceptors (Lipinski definition) is 8. The van der Waals surface area contributed by atoms with Gasteiger partial charge in [0.1, 0.15) is 0 Å². The molecule has 12 heteroatoms. The molecule has 0 bridgehead atoms. The van der Waals surface area contributed by atoms with E-state index in [1.54, 1.807) is 37.2 Å². The highest BCUT2D eigenvalue weighted by Crippen LogP contribution is 2.28. The highest BCUT2D eigenvalue weighted by Gasteiger charge is 2.37. The van der Waals surface area contributed by atoms with E-state index in [-0.39, 0.29) is 35.5 Å². The van der Waals surface area contributed by atoms with E-state index in [9.17, 15) is 14.4 Å². The summed E-state index contributed by atoms with van der Waals surface area (Å²) < 4.78 is 0. The molecule has 1 fully saturated rings. The van der Waals surface area contributed by atoms with Crippen molar-refractivity contribution in [1.82, 2.24) is 25.4 Å². The number of hydrogen-bond donors (Lipinski definition) is 4. The molecular formula is C25H33N7O4S. The number of nitrogens with two attached hydrogens (primary N) is 1. The molecule has 1 aliphatic heterocycles. The molecule has 0 unspecified atom stereocenters. The predicted molar refractivity (Wildman–Crippen MR) is 140 cm³/mol. The molecule has 0 spiro atoms. The van der Waals surface area contributed by atoms with E-state index >= 15 is 0 Å². The van der Waals surface area contributed by atoms with Crippen LogP contribution in [0.25, 0.3) is 0 Å². The number of nitrogens with zero attached hydrogens (tertiary/aromatic N) is 4. The Labute approximate surface area is 219 Å². The summed E-state index contributed by atoms with van der Waals surface area (Å²) in [4.78, 5) is 48.5. The van der Waals surface area contributed by atoms with Gasteiger partial charge in [0.05, 0.1) is 11.7 Å². The van der Waals surface area contributed by atoms with Crippen molar-refractivity contribution in [2.75, 3.05) is 27.7 Å². The first-order chi connectivity index (χ1) is 17.7. The Morgan fingerprint density at radius 3 is 2.62 bits per heavy atom. The minimum atomic E-state index is -0.449. The predicted octanol–water partition coefficient (Wildman–Crippen LogP) is 1.01. The molecule has 1 saturated carbocycles. The van der Waals surface area contributed by atoms with Crippen molar-refractivity contribution < 1.29 is 19.6 Å². The van der Waals surface area contributed by atoms with Gasteiger partial charge < -0.3 is 31.4 Å². The number of likely N-dealkylation sites (N-methyl/N-ethyl adjacent to an activating group) is 1. The van der Waals surface area contributed by atoms with Gasteiger partial charge in [-0.3, -0.25) is 14.4 Å². The van der Waals surface area contributed by atoms with Crippen LogP contribution in [-0.4, -0.2) is 83.3 Å². The van der Waals surface area contributed by atoms with Crippen LogP contribution in [0.2, 0.25) is 0 Å². The van der Waals surface area contributed by atoms with Crippen LogP contribution in [0.15, 0.2) is 29.4 Å². The molecular weight excluding hydrogens is 494 g/mol. The number of amidine groups is 1. The fraction of sp³-hybridized carbons (Fsp3) is 0.480. The SMILES string of the molecule is CN1CCc2nc(C(=O)N[C@@H]3C[C@@H](C(=O)N(C)C)CC[C@@H]3NC(=O)c3cccc(/C(N)=N\O)c3)sc2C1. The summed E-state index contributed by atoms with van der Waals surface area (Å²) >= 11 is 1.40. The molecule has 11 nitrogen and oxygen atoms in total. The van der Waals surface area contributed by atoms with Gasteiger partial charge in [0.25, 0.3) is 11.8 Å². The summed E-state index contributed by atoms with van der Waals surface area (Å²) in [6.07, 6.45) is 2.34. The van der Waals surface area contributed by atoms with Crippen molar-refractivity contribution in [2.24, 2.45) is 16.8 Å². The third-order valence-electron chi connectivity index (χ3n) is 6.92. The number of amides is 3. The summed E-state index contributed by atoms with van der Waals surface area (Å²) in [7, 11) is 5.48. The molecule has 3 atom stereocenters. The minimum Gasteiger partial charge on any atom is -0.409 e. The number of aromatic nitrogens is 1. The van der Waals surface area contributed by atoms with Crippen molar-refractivity contribution in [3.05, 3.63) is 51.0 Å². The maximum atomic E-state index is 13.2. The first-order valence-corrected chi connectivity index (χ1v) is 13.1. The lowest BCUT2D eigenvalue weighted by molar-refractivity contribution is -0.134. The monoisotopic (exact) mass is 527 g/mol. The second-order valence-electron chi connectivity index (χ2n) is 9.85. The zero-order valence-electron chi connectivity index (χ0n) is 21.2. The van der Waals surface area contributed by atoms with Crippen molar-refractivity contribution in [3.8, 4) is 0 Å². The molecule has 37 heavy (non-hydrogen) atoms. The zero-order valence-corrected chi connectivity index (χ0v) is 22.0. The molecule has 2 aromatic rings. The van der Waals surface area contributed by atoms with Gasteiger partial charge in [0.2, 0.25) is 5.91 Å². The molecule has 2 heterocycles. The quantitative estimate of drug-likeness (QED) is 0.189. The normalized spacial score (nSPS) is 22.1. The molecule has 2 aliphatic rings. The second kappa shape index (κ2) is 11.3. The number of nitrogens with one attached hydrogen (secondary N) is 2. The van der Waals surface area contributed by atoms with Gasteiger partial charge >= 0.3 is 0 Å². The van der Waals surface area contributed by atoms with E-state index in [0.717, 1.165) is 30.1 Å². The summed E-state index contributed by atoms with van der Waals surface area (Å²) in [5.41, 5.74) is 7.39. The van der Waals surface area contributed by atoms with E-state index in [2.05, 4.69) is 25.7 Å². The molecule has 5 N–H and O–H groups in total. The van der Waals surface area contributed by atoms with E-state index < -0.39 is 6.04 Å². The van der Waals surface area contributed by atoms with Crippen LogP contribution in [0.1, 0.15) is 55.6 Å². The van der Waals surface area contributed by atoms with E-state index in [1.807, 2.05) is 7.05 Å². The Morgan fingerprint density at radius 2 is 1.89 bits per heavy atom. The van der Waals surface area contributed by atoms with Gasteiger partial charge in [-0.2, -0.15) is 0 Å². The van der Waals surface area contributed by atoms with Gasteiger partial charge in [-0.05, 0) is 38.4 Å². The molecule has 1 aromatic carbocycles. The smallest absolute Gasteiger partial charge is 0.280 e. The van der Waals surface area contributed by atoms with Crippen LogP contribution >= 0.6 is 11.3 Å². The van der Waals surface area contributed by atoms with Gasteiger partial charge in [0, 0.05) is 61.6 Å². The average molecular weight is 528 g/mol. The maximum Gasteiger partial charge on any atom is 0.280 e. The Kier molecular flexibility index (Phi) is 8.08. The van der Waals surface area contributed by atoms with E-state index in [1.165, 1.54) is 17.4 Å². The number of oxime groups is 1. The van der Waals surface area contributed by atoms with Crippen LogP contribution in [0.4, 0.5) is 0 Å². The zero-order chi connectivity index (χ0) is 26.7. The summed E-state index contributed by atoms with van der Waals surface area (Å²) in [6, 6.07) is 5.63. The van der Waals surface area contributed by atoms with Crippen molar-refractivity contribution in [1.29, 1.82) is 0 Å². The van der Waals surface area contributed by atoms with E-state index in [4.69, 9.17) is 10.9 Å². The molecule has 1 aromatic heterocycles. The molecule has 1 aliphatic carbocycles. The molecule has 3 amide bonds.